The average molecular weight is 258 g/mol. The van der Waals surface area contributed by atoms with Gasteiger partial charge in [-0.3, -0.25) is 0 Å². The number of halogens is 1. The van der Waals surface area contributed by atoms with E-state index >= 15 is 0 Å². The van der Waals surface area contributed by atoms with Crippen LogP contribution in [0.2, 0.25) is 0 Å². The topological polar surface area (TPSA) is 26.0 Å². The van der Waals surface area contributed by atoms with Crippen molar-refractivity contribution in [1.82, 2.24) is 0 Å². The Labute approximate surface area is 113 Å². The molecule has 0 fully saturated rings. The normalized spacial score (nSPS) is 10.5. The Morgan fingerprint density at radius 3 is 2.22 bits per heavy atom. The maximum atomic E-state index is 5.62. The molecule has 0 aromatic heterocycles. The summed E-state index contributed by atoms with van der Waals surface area (Å²) in [7, 11) is 0. The third-order valence-corrected chi connectivity index (χ3v) is 3.24. The number of fused-ring (bicyclic) bond motifs is 3. The zero-order chi connectivity index (χ0) is 11.7. The SMILES string of the molecule is Cl.NCCc1ccc2ccc3ccccc3c2c1. The minimum atomic E-state index is 0. The highest BCUT2D eigenvalue weighted by Gasteiger charge is 2.01. The van der Waals surface area contributed by atoms with Crippen LogP contribution in [0.5, 0.6) is 0 Å². The van der Waals surface area contributed by atoms with Crippen molar-refractivity contribution in [2.24, 2.45) is 5.73 Å². The Hall–Kier alpha value is -1.57. The smallest absolute Gasteiger partial charge is 0.00367 e. The van der Waals surface area contributed by atoms with E-state index in [1.807, 2.05) is 0 Å². The molecule has 2 heteroatoms. The number of nitrogens with two attached hydrogens (primary N) is 1. The molecule has 0 unspecified atom stereocenters. The molecule has 0 saturated carbocycles. The minimum Gasteiger partial charge on any atom is -0.330 e. The molecule has 0 amide bonds. The Morgan fingerprint density at radius 1 is 0.778 bits per heavy atom. The molecule has 0 heterocycles. The van der Waals surface area contributed by atoms with E-state index in [2.05, 4.69) is 54.6 Å². The van der Waals surface area contributed by atoms with Crippen molar-refractivity contribution in [3.05, 3.63) is 60.2 Å². The summed E-state index contributed by atoms with van der Waals surface area (Å²) in [5, 5.41) is 5.24. The van der Waals surface area contributed by atoms with Crippen molar-refractivity contribution in [2.45, 2.75) is 6.42 Å². The molecule has 0 aliphatic carbocycles. The maximum absolute atomic E-state index is 5.62. The molecule has 0 atom stereocenters. The van der Waals surface area contributed by atoms with E-state index in [1.54, 1.807) is 0 Å². The van der Waals surface area contributed by atoms with Crippen LogP contribution in [-0.4, -0.2) is 6.54 Å². The van der Waals surface area contributed by atoms with Gasteiger partial charge in [0.25, 0.3) is 0 Å². The highest BCUT2D eigenvalue weighted by molar-refractivity contribution is 6.07. The van der Waals surface area contributed by atoms with Gasteiger partial charge in [0, 0.05) is 0 Å². The first kappa shape index (κ1) is 12.9. The highest BCUT2D eigenvalue weighted by atomic mass is 35.5. The number of rotatable bonds is 2. The molecular formula is C16H16ClN. The summed E-state index contributed by atoms with van der Waals surface area (Å²) in [6, 6.07) is 19.5. The van der Waals surface area contributed by atoms with E-state index in [9.17, 15) is 0 Å². The predicted molar refractivity (Wildman–Crippen MR) is 81.5 cm³/mol. The molecule has 2 N–H and O–H groups in total. The van der Waals surface area contributed by atoms with Crippen LogP contribution in [0, 0.1) is 0 Å². The van der Waals surface area contributed by atoms with Gasteiger partial charge in [0.15, 0.2) is 0 Å². The predicted octanol–water partition coefficient (Wildman–Crippen LogP) is 3.92. The van der Waals surface area contributed by atoms with E-state index in [-0.39, 0.29) is 12.4 Å². The second kappa shape index (κ2) is 5.38. The van der Waals surface area contributed by atoms with Crippen LogP contribution >= 0.6 is 12.4 Å². The van der Waals surface area contributed by atoms with Crippen molar-refractivity contribution >= 4 is 34.0 Å². The van der Waals surface area contributed by atoms with Crippen LogP contribution in [0.25, 0.3) is 21.5 Å². The molecule has 0 bridgehead atoms. The lowest BCUT2D eigenvalue weighted by molar-refractivity contribution is 0.971. The van der Waals surface area contributed by atoms with Gasteiger partial charge in [0.1, 0.15) is 0 Å². The van der Waals surface area contributed by atoms with Gasteiger partial charge < -0.3 is 5.73 Å². The number of hydrogen-bond acceptors (Lipinski definition) is 1. The van der Waals surface area contributed by atoms with E-state index in [1.165, 1.54) is 27.1 Å². The third kappa shape index (κ3) is 2.20. The molecule has 0 aliphatic rings. The number of hydrogen-bond donors (Lipinski definition) is 1. The van der Waals surface area contributed by atoms with Gasteiger partial charge in [-0.25, -0.2) is 0 Å². The fourth-order valence-electron chi connectivity index (χ4n) is 2.37. The zero-order valence-corrected chi connectivity index (χ0v) is 10.9. The third-order valence-electron chi connectivity index (χ3n) is 3.24. The first-order valence-electron chi connectivity index (χ1n) is 5.99. The minimum absolute atomic E-state index is 0. The van der Waals surface area contributed by atoms with Crippen LogP contribution in [0.4, 0.5) is 0 Å². The first-order chi connectivity index (χ1) is 8.38. The van der Waals surface area contributed by atoms with Gasteiger partial charge in [-0.05, 0) is 40.1 Å². The summed E-state index contributed by atoms with van der Waals surface area (Å²) in [5.74, 6) is 0. The Kier molecular flexibility index (Phi) is 3.85. The van der Waals surface area contributed by atoms with E-state index in [0.717, 1.165) is 6.42 Å². The molecule has 0 radical (unpaired) electrons. The van der Waals surface area contributed by atoms with Crippen molar-refractivity contribution in [1.29, 1.82) is 0 Å². The molecule has 3 aromatic rings. The van der Waals surface area contributed by atoms with Crippen molar-refractivity contribution in [3.63, 3.8) is 0 Å². The molecular weight excluding hydrogens is 242 g/mol. The van der Waals surface area contributed by atoms with Gasteiger partial charge in [-0.1, -0.05) is 54.6 Å². The molecule has 1 nitrogen and oxygen atoms in total. The zero-order valence-electron chi connectivity index (χ0n) is 10.1. The van der Waals surface area contributed by atoms with Gasteiger partial charge in [0.05, 0.1) is 0 Å². The van der Waals surface area contributed by atoms with Gasteiger partial charge in [0.2, 0.25) is 0 Å². The van der Waals surface area contributed by atoms with Gasteiger partial charge in [-0.2, -0.15) is 0 Å². The lowest BCUT2D eigenvalue weighted by Gasteiger charge is -2.06. The molecule has 92 valence electrons. The monoisotopic (exact) mass is 257 g/mol. The van der Waals surface area contributed by atoms with Gasteiger partial charge >= 0.3 is 0 Å². The summed E-state index contributed by atoms with van der Waals surface area (Å²) in [5.41, 5.74) is 6.93. The summed E-state index contributed by atoms with van der Waals surface area (Å²) in [6.07, 6.45) is 0.944. The maximum Gasteiger partial charge on any atom is -0.00367 e. The largest absolute Gasteiger partial charge is 0.330 e. The van der Waals surface area contributed by atoms with E-state index in [0.29, 0.717) is 6.54 Å². The molecule has 0 spiro atoms. The molecule has 0 saturated heterocycles. The molecule has 0 aliphatic heterocycles. The average Bonchev–Trinajstić information content (AvgIpc) is 2.39. The molecule has 3 aromatic carbocycles. The quantitative estimate of drug-likeness (QED) is 0.692. The van der Waals surface area contributed by atoms with Crippen molar-refractivity contribution in [3.8, 4) is 0 Å². The highest BCUT2D eigenvalue weighted by Crippen LogP contribution is 2.26. The van der Waals surface area contributed by atoms with Crippen molar-refractivity contribution < 1.29 is 0 Å². The fraction of sp³-hybridized carbons (Fsp3) is 0.125. The van der Waals surface area contributed by atoms with Crippen LogP contribution in [0.3, 0.4) is 0 Å². The lowest BCUT2D eigenvalue weighted by atomic mass is 9.99. The summed E-state index contributed by atoms with van der Waals surface area (Å²) < 4.78 is 0. The van der Waals surface area contributed by atoms with Crippen LogP contribution in [-0.2, 0) is 6.42 Å². The van der Waals surface area contributed by atoms with Crippen LogP contribution in [0.1, 0.15) is 5.56 Å². The second-order valence-corrected chi connectivity index (χ2v) is 4.38. The lowest BCUT2D eigenvalue weighted by Crippen LogP contribution is -2.02. The molecule has 3 rings (SSSR count). The first-order valence-corrected chi connectivity index (χ1v) is 5.99. The Bertz CT molecular complexity index is 676. The van der Waals surface area contributed by atoms with Gasteiger partial charge in [-0.15, -0.1) is 12.4 Å². The van der Waals surface area contributed by atoms with Crippen molar-refractivity contribution in [2.75, 3.05) is 6.54 Å². The Morgan fingerprint density at radius 2 is 1.44 bits per heavy atom. The Balaban J connectivity index is 0.00000120. The van der Waals surface area contributed by atoms with Crippen LogP contribution in [0.15, 0.2) is 54.6 Å². The van der Waals surface area contributed by atoms with E-state index < -0.39 is 0 Å². The van der Waals surface area contributed by atoms with Crippen LogP contribution < -0.4 is 5.73 Å². The summed E-state index contributed by atoms with van der Waals surface area (Å²) in [6.45, 7) is 0.705. The summed E-state index contributed by atoms with van der Waals surface area (Å²) in [4.78, 5) is 0. The number of benzene rings is 3. The fourth-order valence-corrected chi connectivity index (χ4v) is 2.37. The summed E-state index contributed by atoms with van der Waals surface area (Å²) >= 11 is 0. The van der Waals surface area contributed by atoms with E-state index in [4.69, 9.17) is 5.73 Å². The molecule has 18 heavy (non-hydrogen) atoms. The standard InChI is InChI=1S/C16H15N.ClH/c17-10-9-12-5-6-14-8-7-13-3-1-2-4-15(13)16(14)11-12;/h1-8,11H,9-10,17H2;1H. The second-order valence-electron chi connectivity index (χ2n) is 4.38.